The third-order valence-corrected chi connectivity index (χ3v) is 1.92. The van der Waals surface area contributed by atoms with Crippen LogP contribution in [0.3, 0.4) is 0 Å². The Morgan fingerprint density at radius 3 is 2.29 bits per heavy atom. The Balaban J connectivity index is 3.10. The summed E-state index contributed by atoms with van der Waals surface area (Å²) in [6, 6.07) is 0.264. The molecule has 14 heavy (non-hydrogen) atoms. The number of aromatic nitrogens is 2. The maximum Gasteiger partial charge on any atom is 0.236 e. The van der Waals surface area contributed by atoms with E-state index in [0.717, 1.165) is 5.69 Å². The van der Waals surface area contributed by atoms with E-state index < -0.39 is 0 Å². The van der Waals surface area contributed by atoms with E-state index in [4.69, 9.17) is 10.5 Å². The lowest BCUT2D eigenvalue weighted by Crippen LogP contribution is -2.13. The molecule has 0 aromatic carbocycles. The van der Waals surface area contributed by atoms with Crippen LogP contribution in [0.15, 0.2) is 0 Å². The average molecular weight is 197 g/mol. The van der Waals surface area contributed by atoms with Crippen LogP contribution >= 0.6 is 0 Å². The van der Waals surface area contributed by atoms with E-state index in [0.29, 0.717) is 11.6 Å². The van der Waals surface area contributed by atoms with Gasteiger partial charge in [-0.2, -0.15) is 5.10 Å². The fraction of sp³-hybridized carbons (Fsp3) is 0.700. The van der Waals surface area contributed by atoms with Crippen molar-refractivity contribution >= 4 is 5.69 Å². The Morgan fingerprint density at radius 1 is 1.29 bits per heavy atom. The number of nitrogens with zero attached hydrogens (tertiary/aromatic N) is 2. The first-order valence-electron chi connectivity index (χ1n) is 4.94. The molecule has 0 spiro atoms. The van der Waals surface area contributed by atoms with Crippen molar-refractivity contribution in [2.45, 2.75) is 46.8 Å². The molecule has 4 heteroatoms. The predicted octanol–water partition coefficient (Wildman–Crippen LogP) is 2.14. The Morgan fingerprint density at radius 2 is 1.86 bits per heavy atom. The summed E-state index contributed by atoms with van der Waals surface area (Å²) in [6.07, 6.45) is 0.117. The van der Waals surface area contributed by atoms with Crippen LogP contribution in [0, 0.1) is 6.92 Å². The number of ether oxygens (including phenoxy) is 1. The van der Waals surface area contributed by atoms with Crippen LogP contribution in [0.1, 0.15) is 39.4 Å². The number of nitrogen functional groups attached to an aromatic ring is 1. The van der Waals surface area contributed by atoms with Crippen LogP contribution in [0.4, 0.5) is 5.69 Å². The van der Waals surface area contributed by atoms with Crippen molar-refractivity contribution in [2.24, 2.45) is 0 Å². The molecule has 0 radical (unpaired) electrons. The van der Waals surface area contributed by atoms with E-state index in [1.165, 1.54) is 0 Å². The third-order valence-electron chi connectivity index (χ3n) is 1.92. The molecule has 0 fully saturated rings. The van der Waals surface area contributed by atoms with Crippen LogP contribution in [0.2, 0.25) is 0 Å². The standard InChI is InChI=1S/C10H19N3O/c1-6(2)13-10(14-7(3)4)9(11)8(5)12-13/h6-7H,11H2,1-5H3. The summed E-state index contributed by atoms with van der Waals surface area (Å²) in [6.45, 7) is 9.96. The van der Waals surface area contributed by atoms with Crippen molar-refractivity contribution in [3.8, 4) is 5.88 Å². The molecule has 0 saturated carbocycles. The highest BCUT2D eigenvalue weighted by molar-refractivity contribution is 5.52. The van der Waals surface area contributed by atoms with Gasteiger partial charge in [0.15, 0.2) is 0 Å². The van der Waals surface area contributed by atoms with Gasteiger partial charge in [0.1, 0.15) is 5.69 Å². The summed E-state index contributed by atoms with van der Waals surface area (Å²) in [5, 5.41) is 4.33. The molecule has 4 nitrogen and oxygen atoms in total. The number of hydrogen-bond donors (Lipinski definition) is 1. The number of rotatable bonds is 3. The van der Waals surface area contributed by atoms with Crippen molar-refractivity contribution in [2.75, 3.05) is 5.73 Å². The lowest BCUT2D eigenvalue weighted by atomic mass is 10.4. The minimum absolute atomic E-state index is 0.117. The summed E-state index contributed by atoms with van der Waals surface area (Å²) < 4.78 is 7.46. The smallest absolute Gasteiger partial charge is 0.236 e. The summed E-state index contributed by atoms with van der Waals surface area (Å²) >= 11 is 0. The maximum absolute atomic E-state index is 5.88. The number of nitrogens with two attached hydrogens (primary N) is 1. The molecule has 0 saturated heterocycles. The van der Waals surface area contributed by atoms with E-state index in [1.807, 2.05) is 25.5 Å². The van der Waals surface area contributed by atoms with Gasteiger partial charge in [-0.1, -0.05) is 0 Å². The second kappa shape index (κ2) is 3.90. The Labute approximate surface area is 85.0 Å². The van der Waals surface area contributed by atoms with E-state index >= 15 is 0 Å². The van der Waals surface area contributed by atoms with Gasteiger partial charge in [0, 0.05) is 0 Å². The zero-order chi connectivity index (χ0) is 10.9. The van der Waals surface area contributed by atoms with Gasteiger partial charge >= 0.3 is 0 Å². The van der Waals surface area contributed by atoms with E-state index in [2.05, 4.69) is 18.9 Å². The highest BCUT2D eigenvalue weighted by Crippen LogP contribution is 2.28. The van der Waals surface area contributed by atoms with Crippen molar-refractivity contribution in [3.05, 3.63) is 5.69 Å². The molecule has 80 valence electrons. The second-order valence-corrected chi connectivity index (χ2v) is 4.01. The van der Waals surface area contributed by atoms with Gasteiger partial charge < -0.3 is 10.5 Å². The van der Waals surface area contributed by atoms with Crippen LogP contribution in [0.5, 0.6) is 5.88 Å². The molecule has 2 N–H and O–H groups in total. The van der Waals surface area contributed by atoms with Crippen molar-refractivity contribution < 1.29 is 4.74 Å². The fourth-order valence-electron chi connectivity index (χ4n) is 1.23. The van der Waals surface area contributed by atoms with Gasteiger partial charge in [-0.15, -0.1) is 0 Å². The minimum atomic E-state index is 0.117. The van der Waals surface area contributed by atoms with Gasteiger partial charge in [-0.3, -0.25) is 0 Å². The summed E-state index contributed by atoms with van der Waals surface area (Å²) in [4.78, 5) is 0. The molecule has 1 rings (SSSR count). The first-order chi connectivity index (χ1) is 6.43. The lowest BCUT2D eigenvalue weighted by Gasteiger charge is -2.14. The van der Waals surface area contributed by atoms with E-state index in [1.54, 1.807) is 0 Å². The topological polar surface area (TPSA) is 53.1 Å². The minimum Gasteiger partial charge on any atom is -0.474 e. The van der Waals surface area contributed by atoms with Crippen molar-refractivity contribution in [3.63, 3.8) is 0 Å². The molecule has 1 aromatic heterocycles. The molecule has 1 heterocycles. The highest BCUT2D eigenvalue weighted by Gasteiger charge is 2.16. The largest absolute Gasteiger partial charge is 0.474 e. The van der Waals surface area contributed by atoms with Gasteiger partial charge in [-0.05, 0) is 34.6 Å². The summed E-state index contributed by atoms with van der Waals surface area (Å²) in [7, 11) is 0. The van der Waals surface area contributed by atoms with E-state index in [9.17, 15) is 0 Å². The van der Waals surface area contributed by atoms with Crippen molar-refractivity contribution in [1.29, 1.82) is 0 Å². The zero-order valence-corrected chi connectivity index (χ0v) is 9.53. The van der Waals surface area contributed by atoms with E-state index in [-0.39, 0.29) is 12.1 Å². The summed E-state index contributed by atoms with van der Waals surface area (Å²) in [5.41, 5.74) is 7.36. The fourth-order valence-corrected chi connectivity index (χ4v) is 1.23. The van der Waals surface area contributed by atoms with Gasteiger partial charge in [0.2, 0.25) is 5.88 Å². The second-order valence-electron chi connectivity index (χ2n) is 4.01. The highest BCUT2D eigenvalue weighted by atomic mass is 16.5. The average Bonchev–Trinajstić information content (AvgIpc) is 2.32. The Hall–Kier alpha value is -1.19. The van der Waals surface area contributed by atoms with Crippen LogP contribution in [-0.4, -0.2) is 15.9 Å². The molecule has 0 bridgehead atoms. The number of anilines is 1. The SMILES string of the molecule is Cc1nn(C(C)C)c(OC(C)C)c1N. The van der Waals surface area contributed by atoms with Crippen molar-refractivity contribution in [1.82, 2.24) is 9.78 Å². The van der Waals surface area contributed by atoms with Gasteiger partial charge in [0.25, 0.3) is 0 Å². The molecule has 1 aromatic rings. The molecule has 0 aliphatic carbocycles. The first-order valence-corrected chi connectivity index (χ1v) is 4.94. The molecule has 0 aliphatic heterocycles. The summed E-state index contributed by atoms with van der Waals surface area (Å²) in [5.74, 6) is 0.688. The van der Waals surface area contributed by atoms with Gasteiger partial charge in [-0.25, -0.2) is 4.68 Å². The van der Waals surface area contributed by atoms with Crippen LogP contribution in [-0.2, 0) is 0 Å². The quantitative estimate of drug-likeness (QED) is 0.807. The monoisotopic (exact) mass is 197 g/mol. The lowest BCUT2D eigenvalue weighted by molar-refractivity contribution is 0.214. The molecule has 0 amide bonds. The number of aryl methyl sites for hydroxylation is 1. The normalized spacial score (nSPS) is 11.4. The van der Waals surface area contributed by atoms with Gasteiger partial charge in [0.05, 0.1) is 17.8 Å². The predicted molar refractivity (Wildman–Crippen MR) is 57.5 cm³/mol. The number of hydrogen-bond acceptors (Lipinski definition) is 3. The molecular weight excluding hydrogens is 178 g/mol. The first kappa shape index (κ1) is 10.9. The zero-order valence-electron chi connectivity index (χ0n) is 9.53. The third kappa shape index (κ3) is 2.00. The molecule has 0 atom stereocenters. The Kier molecular flexibility index (Phi) is 3.03. The molecular formula is C10H19N3O. The molecule has 0 unspecified atom stereocenters. The Bertz CT molecular complexity index is 315. The maximum atomic E-state index is 5.88. The van der Waals surface area contributed by atoms with Crippen LogP contribution in [0.25, 0.3) is 0 Å². The van der Waals surface area contributed by atoms with Crippen LogP contribution < -0.4 is 10.5 Å². The molecule has 0 aliphatic rings.